The van der Waals surface area contributed by atoms with Gasteiger partial charge in [-0.05, 0) is 37.0 Å². The van der Waals surface area contributed by atoms with E-state index in [1.165, 1.54) is 6.07 Å². The zero-order valence-electron chi connectivity index (χ0n) is 10.0. The van der Waals surface area contributed by atoms with Crippen molar-refractivity contribution in [3.63, 3.8) is 0 Å². The van der Waals surface area contributed by atoms with Crippen molar-refractivity contribution in [2.75, 3.05) is 5.32 Å². The molecular formula is C14H13ClF3N. The Morgan fingerprint density at radius 2 is 2.05 bits per heavy atom. The third-order valence-corrected chi connectivity index (χ3v) is 4.31. The van der Waals surface area contributed by atoms with E-state index in [-0.39, 0.29) is 11.1 Å². The molecular weight excluding hydrogens is 275 g/mol. The van der Waals surface area contributed by atoms with Crippen LogP contribution in [0.15, 0.2) is 30.4 Å². The summed E-state index contributed by atoms with van der Waals surface area (Å²) in [6.07, 6.45) is 2.17. The summed E-state index contributed by atoms with van der Waals surface area (Å²) >= 11 is 5.92. The molecule has 0 bridgehead atoms. The smallest absolute Gasteiger partial charge is 0.380 e. The first-order chi connectivity index (χ1) is 8.95. The molecule has 1 fully saturated rings. The Balaban J connectivity index is 1.74. The number of hydrogen-bond donors (Lipinski definition) is 1. The molecule has 1 N–H and O–H groups in total. The van der Waals surface area contributed by atoms with E-state index in [0.717, 1.165) is 25.0 Å². The number of benzene rings is 1. The molecule has 0 amide bonds. The standard InChI is InChI=1S/C14H13ClF3N/c15-11-7-9(14(16,17)18)4-5-12(11)19-13-6-8-2-1-3-10(8)13/h1,3-5,7-8,10,13,19H,2,6H2. The van der Waals surface area contributed by atoms with Gasteiger partial charge in [0.2, 0.25) is 0 Å². The monoisotopic (exact) mass is 287 g/mol. The average Bonchev–Trinajstić information content (AvgIpc) is 2.68. The van der Waals surface area contributed by atoms with Gasteiger partial charge < -0.3 is 5.32 Å². The summed E-state index contributed by atoms with van der Waals surface area (Å²) in [6.45, 7) is 0. The van der Waals surface area contributed by atoms with E-state index < -0.39 is 11.7 Å². The molecule has 2 aliphatic carbocycles. The minimum Gasteiger partial charge on any atom is -0.380 e. The van der Waals surface area contributed by atoms with E-state index in [2.05, 4.69) is 17.5 Å². The summed E-state index contributed by atoms with van der Waals surface area (Å²) in [5.41, 5.74) is -0.131. The average molecular weight is 288 g/mol. The van der Waals surface area contributed by atoms with Crippen LogP contribution in [0.25, 0.3) is 0 Å². The Labute approximate surface area is 114 Å². The zero-order chi connectivity index (χ0) is 13.6. The predicted molar refractivity (Wildman–Crippen MR) is 69.2 cm³/mol. The second kappa shape index (κ2) is 4.44. The minimum absolute atomic E-state index is 0.125. The van der Waals surface area contributed by atoms with Crippen molar-refractivity contribution in [2.24, 2.45) is 11.8 Å². The number of fused-ring (bicyclic) bond motifs is 1. The molecule has 3 atom stereocenters. The van der Waals surface area contributed by atoms with Crippen LogP contribution in [0, 0.1) is 11.8 Å². The number of hydrogen-bond acceptors (Lipinski definition) is 1. The van der Waals surface area contributed by atoms with Crippen LogP contribution in [0.1, 0.15) is 18.4 Å². The van der Waals surface area contributed by atoms with Gasteiger partial charge in [-0.2, -0.15) is 13.2 Å². The van der Waals surface area contributed by atoms with Crippen molar-refractivity contribution in [3.05, 3.63) is 40.9 Å². The SMILES string of the molecule is FC(F)(F)c1ccc(NC2CC3CC=CC32)c(Cl)c1. The lowest BCUT2D eigenvalue weighted by Crippen LogP contribution is -2.43. The number of allylic oxidation sites excluding steroid dienone is 1. The fourth-order valence-electron chi connectivity index (χ4n) is 2.89. The van der Waals surface area contributed by atoms with Crippen LogP contribution in [-0.2, 0) is 6.18 Å². The van der Waals surface area contributed by atoms with E-state index in [1.54, 1.807) is 0 Å². The lowest BCUT2D eigenvalue weighted by atomic mass is 9.71. The maximum Gasteiger partial charge on any atom is 0.416 e. The first-order valence-electron chi connectivity index (χ1n) is 6.25. The maximum absolute atomic E-state index is 12.5. The molecule has 1 aromatic carbocycles. The summed E-state index contributed by atoms with van der Waals surface area (Å²) in [5, 5.41) is 3.37. The van der Waals surface area contributed by atoms with Crippen LogP contribution in [0.3, 0.4) is 0 Å². The van der Waals surface area contributed by atoms with E-state index >= 15 is 0 Å². The van der Waals surface area contributed by atoms with E-state index in [0.29, 0.717) is 17.5 Å². The summed E-state index contributed by atoms with van der Waals surface area (Å²) < 4.78 is 37.6. The molecule has 3 unspecified atom stereocenters. The van der Waals surface area contributed by atoms with Crippen molar-refractivity contribution in [3.8, 4) is 0 Å². The van der Waals surface area contributed by atoms with Gasteiger partial charge in [-0.3, -0.25) is 0 Å². The van der Waals surface area contributed by atoms with Crippen molar-refractivity contribution in [1.29, 1.82) is 0 Å². The fraction of sp³-hybridized carbons (Fsp3) is 0.429. The van der Waals surface area contributed by atoms with Gasteiger partial charge in [0.25, 0.3) is 0 Å². The van der Waals surface area contributed by atoms with E-state index in [1.807, 2.05) is 0 Å². The molecule has 1 aromatic rings. The Hall–Kier alpha value is -1.16. The molecule has 0 spiro atoms. The molecule has 0 aliphatic heterocycles. The Kier molecular flexibility index (Phi) is 3.01. The highest BCUT2D eigenvalue weighted by molar-refractivity contribution is 6.33. The zero-order valence-corrected chi connectivity index (χ0v) is 10.8. The number of nitrogens with one attached hydrogen (secondary N) is 1. The number of alkyl halides is 3. The lowest BCUT2D eigenvalue weighted by Gasteiger charge is -2.41. The third-order valence-electron chi connectivity index (χ3n) is 4.00. The molecule has 5 heteroatoms. The molecule has 0 radical (unpaired) electrons. The van der Waals surface area contributed by atoms with Crippen molar-refractivity contribution >= 4 is 17.3 Å². The highest BCUT2D eigenvalue weighted by atomic mass is 35.5. The predicted octanol–water partition coefficient (Wildman–Crippen LogP) is 4.74. The molecule has 0 aromatic heterocycles. The molecule has 2 aliphatic rings. The first-order valence-corrected chi connectivity index (χ1v) is 6.63. The fourth-order valence-corrected chi connectivity index (χ4v) is 3.13. The summed E-state index contributed by atoms with van der Waals surface area (Å²) in [7, 11) is 0. The summed E-state index contributed by atoms with van der Waals surface area (Å²) in [5.74, 6) is 1.20. The second-order valence-corrected chi connectivity index (χ2v) is 5.59. The second-order valence-electron chi connectivity index (χ2n) is 5.18. The van der Waals surface area contributed by atoms with Crippen molar-refractivity contribution in [1.82, 2.24) is 0 Å². The van der Waals surface area contributed by atoms with Crippen LogP contribution in [0.5, 0.6) is 0 Å². The van der Waals surface area contributed by atoms with Gasteiger partial charge in [-0.1, -0.05) is 23.8 Å². The molecule has 1 nitrogen and oxygen atoms in total. The normalized spacial score (nSPS) is 28.9. The number of halogens is 4. The van der Waals surface area contributed by atoms with Crippen LogP contribution in [0.4, 0.5) is 18.9 Å². The molecule has 19 heavy (non-hydrogen) atoms. The van der Waals surface area contributed by atoms with Crippen molar-refractivity contribution < 1.29 is 13.2 Å². The first kappa shape index (κ1) is 12.9. The Morgan fingerprint density at radius 3 is 2.68 bits per heavy atom. The van der Waals surface area contributed by atoms with E-state index in [4.69, 9.17) is 11.6 Å². The van der Waals surface area contributed by atoms with Gasteiger partial charge in [0, 0.05) is 12.0 Å². The van der Waals surface area contributed by atoms with Crippen LogP contribution in [-0.4, -0.2) is 6.04 Å². The highest BCUT2D eigenvalue weighted by Crippen LogP contribution is 2.45. The lowest BCUT2D eigenvalue weighted by molar-refractivity contribution is -0.137. The van der Waals surface area contributed by atoms with Crippen LogP contribution < -0.4 is 5.32 Å². The molecule has 102 valence electrons. The maximum atomic E-state index is 12.5. The van der Waals surface area contributed by atoms with Gasteiger partial charge in [-0.25, -0.2) is 0 Å². The van der Waals surface area contributed by atoms with Gasteiger partial charge in [0.15, 0.2) is 0 Å². The molecule has 3 rings (SSSR count). The molecule has 0 saturated heterocycles. The van der Waals surface area contributed by atoms with Crippen LogP contribution in [0.2, 0.25) is 5.02 Å². The summed E-state index contributed by atoms with van der Waals surface area (Å²) in [6, 6.07) is 3.74. The quantitative estimate of drug-likeness (QED) is 0.775. The van der Waals surface area contributed by atoms with Gasteiger partial charge in [-0.15, -0.1) is 0 Å². The minimum atomic E-state index is -4.35. The third kappa shape index (κ3) is 2.34. The number of rotatable bonds is 2. The summed E-state index contributed by atoms with van der Waals surface area (Å²) in [4.78, 5) is 0. The number of anilines is 1. The van der Waals surface area contributed by atoms with Gasteiger partial charge in [0.1, 0.15) is 0 Å². The molecule has 1 saturated carbocycles. The van der Waals surface area contributed by atoms with Crippen LogP contribution >= 0.6 is 11.6 Å². The Bertz CT molecular complexity index is 524. The van der Waals surface area contributed by atoms with Gasteiger partial charge in [0.05, 0.1) is 16.3 Å². The van der Waals surface area contributed by atoms with Gasteiger partial charge >= 0.3 is 6.18 Å². The molecule has 0 heterocycles. The van der Waals surface area contributed by atoms with E-state index in [9.17, 15) is 13.2 Å². The highest BCUT2D eigenvalue weighted by Gasteiger charge is 2.41. The van der Waals surface area contributed by atoms with Crippen molar-refractivity contribution in [2.45, 2.75) is 25.1 Å². The Morgan fingerprint density at radius 1 is 1.26 bits per heavy atom. The topological polar surface area (TPSA) is 12.0 Å². The largest absolute Gasteiger partial charge is 0.416 e.